The van der Waals surface area contributed by atoms with E-state index in [0.29, 0.717) is 12.5 Å². The normalized spacial score (nSPS) is 26.6. The molecule has 1 fully saturated rings. The summed E-state index contributed by atoms with van der Waals surface area (Å²) >= 11 is 0. The maximum absolute atomic E-state index is 11.6. The second kappa shape index (κ2) is 7.87. The first-order valence-electron chi connectivity index (χ1n) is 10.2. The fourth-order valence-electron chi connectivity index (χ4n) is 4.62. The standard InChI is InChI=1S/C21H30N4O/c1-16(26)25-11-9-20-19(15-25)12-22-21(23-20)18-8-5-10-24(14-18)13-17-6-3-2-4-7-17/h2-3,12,17-18H,4-11,13-15H2,1H3/t17-,18+/m1/s1. The summed E-state index contributed by atoms with van der Waals surface area (Å²) in [5.41, 5.74) is 2.28. The molecule has 0 N–H and O–H groups in total. The average molecular weight is 354 g/mol. The van der Waals surface area contributed by atoms with E-state index < -0.39 is 0 Å². The molecule has 0 spiro atoms. The molecule has 5 nitrogen and oxygen atoms in total. The van der Waals surface area contributed by atoms with Gasteiger partial charge in [0.2, 0.25) is 5.91 Å². The number of carbonyl (C=O) groups excluding carboxylic acids is 1. The highest BCUT2D eigenvalue weighted by atomic mass is 16.2. The Morgan fingerprint density at radius 1 is 1.27 bits per heavy atom. The molecule has 3 aliphatic rings. The summed E-state index contributed by atoms with van der Waals surface area (Å²) in [7, 11) is 0. The molecule has 5 heteroatoms. The smallest absolute Gasteiger partial charge is 0.219 e. The van der Waals surface area contributed by atoms with Gasteiger partial charge in [-0.05, 0) is 44.6 Å². The Hall–Kier alpha value is -1.75. The molecule has 4 rings (SSSR count). The predicted octanol–water partition coefficient (Wildman–Crippen LogP) is 2.92. The molecule has 140 valence electrons. The van der Waals surface area contributed by atoms with Gasteiger partial charge < -0.3 is 9.80 Å². The molecule has 1 saturated heterocycles. The third kappa shape index (κ3) is 3.98. The van der Waals surface area contributed by atoms with Crippen molar-refractivity contribution in [2.75, 3.05) is 26.2 Å². The Morgan fingerprint density at radius 2 is 2.19 bits per heavy atom. The van der Waals surface area contributed by atoms with Crippen LogP contribution in [0, 0.1) is 5.92 Å². The zero-order valence-electron chi connectivity index (χ0n) is 15.9. The Labute approximate surface area is 156 Å². The lowest BCUT2D eigenvalue weighted by molar-refractivity contribution is -0.129. The summed E-state index contributed by atoms with van der Waals surface area (Å²) in [4.78, 5) is 25.7. The number of rotatable bonds is 3. The van der Waals surface area contributed by atoms with E-state index in [9.17, 15) is 4.79 Å². The van der Waals surface area contributed by atoms with E-state index >= 15 is 0 Å². The number of nitrogens with zero attached hydrogens (tertiary/aromatic N) is 4. The Bertz CT molecular complexity index is 687. The van der Waals surface area contributed by atoms with Crippen molar-refractivity contribution in [1.82, 2.24) is 19.8 Å². The molecular formula is C21H30N4O. The SMILES string of the molecule is CC(=O)N1CCc2nc([C@H]3CCCN(C[C@@H]4CC=CCC4)C3)ncc2C1. The summed E-state index contributed by atoms with van der Waals surface area (Å²) in [6, 6.07) is 0. The molecule has 0 radical (unpaired) electrons. The molecule has 0 saturated carbocycles. The molecule has 0 unspecified atom stereocenters. The van der Waals surface area contributed by atoms with Crippen LogP contribution in [0.5, 0.6) is 0 Å². The molecule has 0 aromatic carbocycles. The first kappa shape index (κ1) is 17.7. The molecular weight excluding hydrogens is 324 g/mol. The highest BCUT2D eigenvalue weighted by Gasteiger charge is 2.27. The van der Waals surface area contributed by atoms with Crippen LogP contribution in [-0.2, 0) is 17.8 Å². The minimum absolute atomic E-state index is 0.139. The number of fused-ring (bicyclic) bond motifs is 1. The number of hydrogen-bond donors (Lipinski definition) is 0. The lowest BCUT2D eigenvalue weighted by Gasteiger charge is -2.35. The van der Waals surface area contributed by atoms with E-state index in [1.54, 1.807) is 6.92 Å². The van der Waals surface area contributed by atoms with Crippen molar-refractivity contribution in [3.63, 3.8) is 0 Å². The number of carbonyl (C=O) groups is 1. The quantitative estimate of drug-likeness (QED) is 0.783. The van der Waals surface area contributed by atoms with Crippen molar-refractivity contribution in [3.05, 3.63) is 35.4 Å². The van der Waals surface area contributed by atoms with Crippen LogP contribution in [0.4, 0.5) is 0 Å². The molecule has 1 aliphatic carbocycles. The maximum atomic E-state index is 11.6. The molecule has 1 amide bonds. The molecule has 2 atom stereocenters. The molecule has 1 aromatic heterocycles. The summed E-state index contributed by atoms with van der Waals surface area (Å²) in [5, 5.41) is 0. The summed E-state index contributed by atoms with van der Waals surface area (Å²) in [6.07, 6.45) is 13.8. The first-order valence-corrected chi connectivity index (χ1v) is 10.2. The molecule has 3 heterocycles. The molecule has 0 bridgehead atoms. The van der Waals surface area contributed by atoms with Crippen molar-refractivity contribution in [1.29, 1.82) is 0 Å². The minimum atomic E-state index is 0.139. The minimum Gasteiger partial charge on any atom is -0.338 e. The lowest BCUT2D eigenvalue weighted by atomic mass is 9.91. The first-order chi connectivity index (χ1) is 12.7. The largest absolute Gasteiger partial charge is 0.338 e. The monoisotopic (exact) mass is 354 g/mol. The van der Waals surface area contributed by atoms with Gasteiger partial charge in [0, 0.05) is 57.2 Å². The predicted molar refractivity (Wildman–Crippen MR) is 102 cm³/mol. The average Bonchev–Trinajstić information content (AvgIpc) is 2.68. The Morgan fingerprint density at radius 3 is 3.00 bits per heavy atom. The van der Waals surface area contributed by atoms with Crippen molar-refractivity contribution in [3.8, 4) is 0 Å². The topological polar surface area (TPSA) is 49.3 Å². The molecule has 2 aliphatic heterocycles. The third-order valence-corrected chi connectivity index (χ3v) is 6.16. The van der Waals surface area contributed by atoms with Crippen molar-refractivity contribution in [2.24, 2.45) is 5.92 Å². The summed E-state index contributed by atoms with van der Waals surface area (Å²) < 4.78 is 0. The fraction of sp³-hybridized carbons (Fsp3) is 0.667. The summed E-state index contributed by atoms with van der Waals surface area (Å²) in [5.74, 6) is 2.44. The van der Waals surface area contributed by atoms with Gasteiger partial charge in [-0.15, -0.1) is 0 Å². The van der Waals surface area contributed by atoms with E-state index in [-0.39, 0.29) is 5.91 Å². The van der Waals surface area contributed by atoms with Crippen LogP contribution < -0.4 is 0 Å². The number of aromatic nitrogens is 2. The van der Waals surface area contributed by atoms with Gasteiger partial charge in [-0.3, -0.25) is 4.79 Å². The number of amides is 1. The van der Waals surface area contributed by atoms with Crippen molar-refractivity contribution >= 4 is 5.91 Å². The second-order valence-corrected chi connectivity index (χ2v) is 8.14. The van der Waals surface area contributed by atoms with Crippen LogP contribution in [-0.4, -0.2) is 51.9 Å². The van der Waals surface area contributed by atoms with Gasteiger partial charge >= 0.3 is 0 Å². The van der Waals surface area contributed by atoms with Gasteiger partial charge in [0.25, 0.3) is 0 Å². The van der Waals surface area contributed by atoms with Crippen LogP contribution in [0.1, 0.15) is 62.0 Å². The Balaban J connectivity index is 1.41. The number of piperidine rings is 1. The maximum Gasteiger partial charge on any atom is 0.219 e. The van der Waals surface area contributed by atoms with E-state index in [4.69, 9.17) is 9.97 Å². The van der Waals surface area contributed by atoms with Gasteiger partial charge in [0.05, 0.1) is 5.69 Å². The number of likely N-dealkylation sites (tertiary alicyclic amines) is 1. The van der Waals surface area contributed by atoms with Crippen molar-refractivity contribution < 1.29 is 4.79 Å². The van der Waals surface area contributed by atoms with Crippen LogP contribution >= 0.6 is 0 Å². The van der Waals surface area contributed by atoms with Crippen LogP contribution in [0.25, 0.3) is 0 Å². The molecule has 26 heavy (non-hydrogen) atoms. The van der Waals surface area contributed by atoms with Crippen LogP contribution in [0.15, 0.2) is 18.3 Å². The van der Waals surface area contributed by atoms with E-state index in [1.807, 2.05) is 11.1 Å². The highest BCUT2D eigenvalue weighted by Crippen LogP contribution is 2.28. The van der Waals surface area contributed by atoms with Crippen LogP contribution in [0.2, 0.25) is 0 Å². The van der Waals surface area contributed by atoms with Gasteiger partial charge in [0.1, 0.15) is 5.82 Å². The van der Waals surface area contributed by atoms with E-state index in [0.717, 1.165) is 42.5 Å². The van der Waals surface area contributed by atoms with E-state index in [1.165, 1.54) is 45.2 Å². The van der Waals surface area contributed by atoms with Gasteiger partial charge in [-0.1, -0.05) is 12.2 Å². The highest BCUT2D eigenvalue weighted by molar-refractivity contribution is 5.73. The third-order valence-electron chi connectivity index (χ3n) is 6.16. The number of hydrogen-bond acceptors (Lipinski definition) is 4. The lowest BCUT2D eigenvalue weighted by Crippen LogP contribution is -2.39. The zero-order valence-corrected chi connectivity index (χ0v) is 15.9. The zero-order chi connectivity index (χ0) is 17.9. The van der Waals surface area contributed by atoms with Gasteiger partial charge in [-0.25, -0.2) is 9.97 Å². The van der Waals surface area contributed by atoms with Gasteiger partial charge in [-0.2, -0.15) is 0 Å². The Kier molecular flexibility index (Phi) is 5.34. The van der Waals surface area contributed by atoms with E-state index in [2.05, 4.69) is 17.1 Å². The fourth-order valence-corrected chi connectivity index (χ4v) is 4.62. The van der Waals surface area contributed by atoms with Crippen molar-refractivity contribution in [2.45, 2.75) is 57.9 Å². The number of allylic oxidation sites excluding steroid dienone is 2. The van der Waals surface area contributed by atoms with Gasteiger partial charge in [0.15, 0.2) is 0 Å². The second-order valence-electron chi connectivity index (χ2n) is 8.14. The summed E-state index contributed by atoms with van der Waals surface area (Å²) in [6.45, 7) is 6.62. The van der Waals surface area contributed by atoms with Crippen LogP contribution in [0.3, 0.4) is 0 Å². The molecule has 1 aromatic rings.